The Labute approximate surface area is 382 Å². The van der Waals surface area contributed by atoms with Crippen molar-refractivity contribution in [3.05, 3.63) is 12.2 Å². The van der Waals surface area contributed by atoms with E-state index in [4.69, 9.17) is 0 Å². The number of nitrogens with one attached hydrogen (secondary N) is 1. The van der Waals surface area contributed by atoms with Crippen molar-refractivity contribution in [3.63, 3.8) is 0 Å². The monoisotopic (exact) mass is 862 g/mol. The number of amides is 1. The molecule has 5 nitrogen and oxygen atoms in total. The minimum absolute atomic E-state index is 0.359. The molecule has 0 aliphatic heterocycles. The van der Waals surface area contributed by atoms with Crippen LogP contribution >= 0.6 is 0 Å². The standard InChI is InChI=1S/C56H111NO4/c1-3-5-7-9-11-13-15-17-19-21-22-23-24-25-26-27-28-29-30-31-32-33-34-35-37-39-41-43-45-47-49-51-55(60)56(61)57-53(52-58)54(59)50-48-46-44-42-40-38-36-20-18-16-14-12-10-8-6-4-2/h48,50,53-55,58-60H,3-47,49,51-52H2,1-2H3,(H,57,61)/b50-48+. The lowest BCUT2D eigenvalue weighted by atomic mass is 10.0. The van der Waals surface area contributed by atoms with Crippen LogP contribution in [0.3, 0.4) is 0 Å². The number of carbonyl (C=O) groups excluding carboxylic acids is 1. The van der Waals surface area contributed by atoms with Gasteiger partial charge in [-0.1, -0.05) is 309 Å². The topological polar surface area (TPSA) is 89.8 Å². The van der Waals surface area contributed by atoms with Crippen molar-refractivity contribution in [2.75, 3.05) is 6.61 Å². The molecule has 0 aromatic carbocycles. The van der Waals surface area contributed by atoms with E-state index in [-0.39, 0.29) is 6.61 Å². The lowest BCUT2D eigenvalue weighted by Gasteiger charge is -2.21. The van der Waals surface area contributed by atoms with E-state index in [2.05, 4.69) is 19.2 Å². The quantitative estimate of drug-likeness (QED) is 0.0362. The largest absolute Gasteiger partial charge is 0.394 e. The number of aliphatic hydroxyl groups excluding tert-OH is 3. The Hall–Kier alpha value is -0.910. The van der Waals surface area contributed by atoms with Gasteiger partial charge in [0.2, 0.25) is 5.91 Å². The number of carbonyl (C=O) groups is 1. The third kappa shape index (κ3) is 46.9. The van der Waals surface area contributed by atoms with Crippen LogP contribution in [0.25, 0.3) is 0 Å². The molecule has 0 heterocycles. The van der Waals surface area contributed by atoms with E-state index in [0.717, 1.165) is 32.1 Å². The molecule has 0 spiro atoms. The second kappa shape index (κ2) is 51.7. The van der Waals surface area contributed by atoms with E-state index in [0.29, 0.717) is 6.42 Å². The second-order valence-electron chi connectivity index (χ2n) is 19.5. The van der Waals surface area contributed by atoms with Gasteiger partial charge in [-0.2, -0.15) is 0 Å². The summed E-state index contributed by atoms with van der Waals surface area (Å²) in [6.45, 7) is 4.22. The van der Waals surface area contributed by atoms with Gasteiger partial charge in [-0.3, -0.25) is 4.79 Å². The molecule has 0 radical (unpaired) electrons. The summed E-state index contributed by atoms with van der Waals surface area (Å²) in [5, 5.41) is 33.3. The van der Waals surface area contributed by atoms with Gasteiger partial charge in [0.05, 0.1) is 18.8 Å². The highest BCUT2D eigenvalue weighted by molar-refractivity contribution is 5.80. The molecule has 0 aliphatic rings. The summed E-state index contributed by atoms with van der Waals surface area (Å²) < 4.78 is 0. The number of aliphatic hydroxyl groups is 3. The zero-order valence-electron chi connectivity index (χ0n) is 41.6. The van der Waals surface area contributed by atoms with Crippen LogP contribution in [0, 0.1) is 0 Å². The van der Waals surface area contributed by atoms with Crippen LogP contribution in [0.2, 0.25) is 0 Å². The first-order chi connectivity index (χ1) is 30.1. The Kier molecular flexibility index (Phi) is 51.0. The molecule has 4 N–H and O–H groups in total. The summed E-state index contributed by atoms with van der Waals surface area (Å²) in [5.41, 5.74) is 0. The van der Waals surface area contributed by atoms with Gasteiger partial charge in [0, 0.05) is 0 Å². The Morgan fingerprint density at radius 3 is 0.902 bits per heavy atom. The maximum Gasteiger partial charge on any atom is 0.249 e. The van der Waals surface area contributed by atoms with Gasteiger partial charge in [-0.15, -0.1) is 0 Å². The average molecular weight is 863 g/mol. The molecule has 1 amide bonds. The maximum absolute atomic E-state index is 12.5. The van der Waals surface area contributed by atoms with Crippen LogP contribution in [0.1, 0.15) is 316 Å². The van der Waals surface area contributed by atoms with E-state index in [1.165, 1.54) is 263 Å². The third-order valence-electron chi connectivity index (χ3n) is 13.4. The normalized spacial score (nSPS) is 13.3. The molecule has 3 unspecified atom stereocenters. The van der Waals surface area contributed by atoms with E-state index in [9.17, 15) is 20.1 Å². The fourth-order valence-electron chi connectivity index (χ4n) is 9.01. The van der Waals surface area contributed by atoms with Crippen molar-refractivity contribution < 1.29 is 20.1 Å². The fourth-order valence-corrected chi connectivity index (χ4v) is 9.01. The Balaban J connectivity index is 3.49. The number of unbranched alkanes of at least 4 members (excludes halogenated alkanes) is 44. The second-order valence-corrected chi connectivity index (χ2v) is 19.5. The lowest BCUT2D eigenvalue weighted by Crippen LogP contribution is -2.48. The van der Waals surface area contributed by atoms with Crippen molar-refractivity contribution in [2.24, 2.45) is 0 Å². The van der Waals surface area contributed by atoms with Crippen LogP contribution < -0.4 is 5.32 Å². The van der Waals surface area contributed by atoms with Crippen molar-refractivity contribution in [1.29, 1.82) is 0 Å². The van der Waals surface area contributed by atoms with Crippen LogP contribution in [0.15, 0.2) is 12.2 Å². The molecule has 0 saturated heterocycles. The van der Waals surface area contributed by atoms with Crippen molar-refractivity contribution in [2.45, 2.75) is 334 Å². The van der Waals surface area contributed by atoms with Gasteiger partial charge in [0.25, 0.3) is 0 Å². The van der Waals surface area contributed by atoms with Crippen LogP contribution in [-0.4, -0.2) is 46.1 Å². The number of hydrogen-bond donors (Lipinski definition) is 4. The Morgan fingerprint density at radius 2 is 0.639 bits per heavy atom. The molecule has 0 aliphatic carbocycles. The summed E-state index contributed by atoms with van der Waals surface area (Å²) in [4.78, 5) is 12.5. The van der Waals surface area contributed by atoms with Gasteiger partial charge in [-0.25, -0.2) is 0 Å². The first kappa shape index (κ1) is 60.1. The van der Waals surface area contributed by atoms with Crippen molar-refractivity contribution in [3.8, 4) is 0 Å². The predicted molar refractivity (Wildman–Crippen MR) is 269 cm³/mol. The van der Waals surface area contributed by atoms with Gasteiger partial charge in [0.1, 0.15) is 6.10 Å². The zero-order valence-corrected chi connectivity index (χ0v) is 41.6. The average Bonchev–Trinajstić information content (AvgIpc) is 3.26. The molecule has 0 fully saturated rings. The summed E-state index contributed by atoms with van der Waals surface area (Å²) in [7, 11) is 0. The molecule has 0 aromatic rings. The highest BCUT2D eigenvalue weighted by Gasteiger charge is 2.22. The Bertz CT molecular complexity index is 864. The summed E-state index contributed by atoms with van der Waals surface area (Å²) in [5.74, 6) is -0.496. The molecule has 364 valence electrons. The van der Waals surface area contributed by atoms with Crippen molar-refractivity contribution >= 4 is 5.91 Å². The van der Waals surface area contributed by atoms with E-state index in [1.807, 2.05) is 6.08 Å². The third-order valence-corrected chi connectivity index (χ3v) is 13.4. The Morgan fingerprint density at radius 1 is 0.393 bits per heavy atom. The first-order valence-corrected chi connectivity index (χ1v) is 28.0. The zero-order chi connectivity index (χ0) is 44.4. The number of allylic oxidation sites excluding steroid dienone is 1. The van der Waals surface area contributed by atoms with Gasteiger partial charge >= 0.3 is 0 Å². The lowest BCUT2D eigenvalue weighted by molar-refractivity contribution is -0.131. The minimum atomic E-state index is -1.09. The highest BCUT2D eigenvalue weighted by atomic mass is 16.3. The maximum atomic E-state index is 12.5. The smallest absolute Gasteiger partial charge is 0.249 e. The molecule has 0 bridgehead atoms. The first-order valence-electron chi connectivity index (χ1n) is 28.0. The molecule has 3 atom stereocenters. The van der Waals surface area contributed by atoms with E-state index < -0.39 is 24.2 Å². The van der Waals surface area contributed by atoms with Crippen LogP contribution in [0.5, 0.6) is 0 Å². The van der Waals surface area contributed by atoms with Gasteiger partial charge < -0.3 is 20.6 Å². The van der Waals surface area contributed by atoms with Crippen LogP contribution in [0.4, 0.5) is 0 Å². The van der Waals surface area contributed by atoms with Crippen LogP contribution in [-0.2, 0) is 4.79 Å². The minimum Gasteiger partial charge on any atom is -0.394 e. The summed E-state index contributed by atoms with van der Waals surface area (Å²) in [6.07, 6.45) is 64.4. The summed E-state index contributed by atoms with van der Waals surface area (Å²) >= 11 is 0. The molecule has 61 heavy (non-hydrogen) atoms. The van der Waals surface area contributed by atoms with Crippen molar-refractivity contribution in [1.82, 2.24) is 5.32 Å². The predicted octanol–water partition coefficient (Wildman–Crippen LogP) is 17.1. The highest BCUT2D eigenvalue weighted by Crippen LogP contribution is 2.18. The van der Waals surface area contributed by atoms with E-state index >= 15 is 0 Å². The summed E-state index contributed by atoms with van der Waals surface area (Å²) in [6, 6.07) is -0.793. The molecule has 0 rings (SSSR count). The van der Waals surface area contributed by atoms with Gasteiger partial charge in [-0.05, 0) is 19.3 Å². The number of rotatable bonds is 52. The molecular formula is C56H111NO4. The SMILES string of the molecule is CCCCCCCCCCCCCCCC/C=C/C(O)C(CO)NC(=O)C(O)CCCCCCCCCCCCCCCCCCCCCCCCCCCCCCCCC. The fraction of sp³-hybridized carbons (Fsp3) is 0.946. The number of hydrogen-bond acceptors (Lipinski definition) is 4. The van der Waals surface area contributed by atoms with E-state index in [1.54, 1.807) is 6.08 Å². The molecule has 0 saturated carbocycles. The molecule has 5 heteroatoms. The molecule has 0 aromatic heterocycles. The molecular weight excluding hydrogens is 751 g/mol. The van der Waals surface area contributed by atoms with Gasteiger partial charge in [0.15, 0.2) is 0 Å².